The van der Waals surface area contributed by atoms with Crippen LogP contribution >= 0.6 is 0 Å². The van der Waals surface area contributed by atoms with Crippen molar-refractivity contribution >= 4 is 16.1 Å². The minimum Gasteiger partial charge on any atom is -0.127 e. The van der Waals surface area contributed by atoms with Crippen molar-refractivity contribution in [3.63, 3.8) is 0 Å². The van der Waals surface area contributed by atoms with E-state index in [1.165, 1.54) is 11.1 Å². The van der Waals surface area contributed by atoms with Crippen molar-refractivity contribution in [1.82, 2.24) is 0 Å². The molecule has 2 aromatic carbocycles. The van der Waals surface area contributed by atoms with Gasteiger partial charge < -0.3 is 0 Å². The molecule has 0 atom stereocenters. The van der Waals surface area contributed by atoms with Crippen LogP contribution in [0, 0.1) is 22.9 Å². The zero-order valence-electron chi connectivity index (χ0n) is 15.6. The number of benzene rings is 2. The molecule has 122 valence electrons. The number of hydrogen-bond donors (Lipinski definition) is 0. The van der Waals surface area contributed by atoms with Gasteiger partial charge in [-0.15, -0.1) is 11.1 Å². The zero-order valence-corrected chi connectivity index (χ0v) is 17.6. The van der Waals surface area contributed by atoms with Crippen LogP contribution in [0.2, 0.25) is 39.3 Å². The Labute approximate surface area is 149 Å². The third-order valence-corrected chi connectivity index (χ3v) is 5.03. The summed E-state index contributed by atoms with van der Waals surface area (Å²) in [7, 11) is -2.87. The standard InChI is InChI=1S/C22H26Si2/c1-23(2,3)17-15-20-13-10-14-21(19-11-8-7-9-12-19)22(20)16-18-24(4,5)6/h7-14H,1-6H3. The topological polar surface area (TPSA) is 0 Å². The van der Waals surface area contributed by atoms with Crippen LogP contribution < -0.4 is 0 Å². The smallest absolute Gasteiger partial charge is 0.127 e. The molecule has 0 aromatic heterocycles. The van der Waals surface area contributed by atoms with Crippen LogP contribution in [0.15, 0.2) is 48.5 Å². The van der Waals surface area contributed by atoms with Crippen LogP contribution in [-0.4, -0.2) is 16.1 Å². The first-order valence-electron chi connectivity index (χ1n) is 8.40. The highest BCUT2D eigenvalue weighted by molar-refractivity contribution is 6.84. The lowest BCUT2D eigenvalue weighted by atomic mass is 9.96. The maximum atomic E-state index is 3.52. The summed E-state index contributed by atoms with van der Waals surface area (Å²) in [5.41, 5.74) is 11.5. The van der Waals surface area contributed by atoms with Crippen LogP contribution in [0.4, 0.5) is 0 Å². The largest absolute Gasteiger partial charge is 0.129 e. The molecule has 0 amide bonds. The van der Waals surface area contributed by atoms with E-state index in [0.717, 1.165) is 11.1 Å². The molecule has 0 spiro atoms. The molecular weight excluding hydrogens is 320 g/mol. The fourth-order valence-corrected chi connectivity index (χ4v) is 3.16. The summed E-state index contributed by atoms with van der Waals surface area (Å²) >= 11 is 0. The fourth-order valence-electron chi connectivity index (χ4n) is 2.15. The van der Waals surface area contributed by atoms with Crippen LogP contribution in [-0.2, 0) is 0 Å². The Morgan fingerprint density at radius 3 is 1.79 bits per heavy atom. The SMILES string of the molecule is C[Si](C)(C)C#Cc1cccc(-c2ccccc2)c1C#C[Si](C)(C)C. The van der Waals surface area contributed by atoms with Crippen molar-refractivity contribution in [2.45, 2.75) is 39.3 Å². The normalized spacial score (nSPS) is 11.1. The van der Waals surface area contributed by atoms with Crippen molar-refractivity contribution < 1.29 is 0 Å². The second-order valence-electron chi connectivity index (χ2n) is 8.09. The average molecular weight is 347 g/mol. The first kappa shape index (κ1) is 18.3. The van der Waals surface area contributed by atoms with Gasteiger partial charge in [0.25, 0.3) is 0 Å². The fraction of sp³-hybridized carbons (Fsp3) is 0.273. The van der Waals surface area contributed by atoms with E-state index >= 15 is 0 Å². The third-order valence-electron chi connectivity index (χ3n) is 3.28. The van der Waals surface area contributed by atoms with Gasteiger partial charge in [0, 0.05) is 11.1 Å². The molecule has 0 aliphatic rings. The van der Waals surface area contributed by atoms with Gasteiger partial charge in [-0.3, -0.25) is 0 Å². The summed E-state index contributed by atoms with van der Waals surface area (Å²) in [6.45, 7) is 13.6. The van der Waals surface area contributed by atoms with Crippen LogP contribution in [0.25, 0.3) is 11.1 Å². The maximum Gasteiger partial charge on any atom is 0.129 e. The Hall–Kier alpha value is -2.01. The molecule has 0 aliphatic heterocycles. The quantitative estimate of drug-likeness (QED) is 0.451. The van der Waals surface area contributed by atoms with E-state index in [4.69, 9.17) is 0 Å². The van der Waals surface area contributed by atoms with Gasteiger partial charge in [0.15, 0.2) is 0 Å². The molecule has 0 bridgehead atoms. The summed E-state index contributed by atoms with van der Waals surface area (Å²) in [6, 6.07) is 16.8. The van der Waals surface area contributed by atoms with Gasteiger partial charge in [0.2, 0.25) is 0 Å². The minimum atomic E-state index is -1.45. The van der Waals surface area contributed by atoms with Gasteiger partial charge in [0.05, 0.1) is 0 Å². The first-order chi connectivity index (χ1) is 11.2. The Morgan fingerprint density at radius 1 is 0.625 bits per heavy atom. The van der Waals surface area contributed by atoms with Crippen molar-refractivity contribution in [3.8, 4) is 34.1 Å². The van der Waals surface area contributed by atoms with Crippen molar-refractivity contribution in [1.29, 1.82) is 0 Å². The molecule has 2 rings (SSSR count). The van der Waals surface area contributed by atoms with E-state index in [1.807, 2.05) is 6.07 Å². The molecular formula is C22H26Si2. The average Bonchev–Trinajstić information content (AvgIpc) is 2.50. The van der Waals surface area contributed by atoms with Gasteiger partial charge in [-0.05, 0) is 17.2 Å². The Morgan fingerprint density at radius 2 is 1.21 bits per heavy atom. The van der Waals surface area contributed by atoms with E-state index in [-0.39, 0.29) is 0 Å². The van der Waals surface area contributed by atoms with E-state index in [0.29, 0.717) is 0 Å². The number of hydrogen-bond acceptors (Lipinski definition) is 0. The molecule has 0 heterocycles. The van der Waals surface area contributed by atoms with E-state index in [2.05, 4.69) is 105 Å². The van der Waals surface area contributed by atoms with Crippen molar-refractivity contribution in [2.24, 2.45) is 0 Å². The highest BCUT2D eigenvalue weighted by Crippen LogP contribution is 2.25. The monoisotopic (exact) mass is 346 g/mol. The summed E-state index contributed by atoms with van der Waals surface area (Å²) in [6.07, 6.45) is 0. The van der Waals surface area contributed by atoms with Crippen LogP contribution in [0.3, 0.4) is 0 Å². The summed E-state index contributed by atoms with van der Waals surface area (Å²) in [5.74, 6) is 6.91. The highest BCUT2D eigenvalue weighted by atomic mass is 28.3. The Balaban J connectivity index is 2.67. The molecule has 2 heteroatoms. The van der Waals surface area contributed by atoms with Crippen LogP contribution in [0.5, 0.6) is 0 Å². The summed E-state index contributed by atoms with van der Waals surface area (Å²) in [4.78, 5) is 0. The highest BCUT2D eigenvalue weighted by Gasteiger charge is 2.12. The lowest BCUT2D eigenvalue weighted by molar-refractivity contribution is 1.55. The molecule has 0 unspecified atom stereocenters. The van der Waals surface area contributed by atoms with E-state index < -0.39 is 16.1 Å². The zero-order chi connectivity index (χ0) is 17.8. The summed E-state index contributed by atoms with van der Waals surface area (Å²) in [5, 5.41) is 0. The first-order valence-corrected chi connectivity index (χ1v) is 15.4. The van der Waals surface area contributed by atoms with Gasteiger partial charge in [-0.1, -0.05) is 93.6 Å². The van der Waals surface area contributed by atoms with Gasteiger partial charge in [0.1, 0.15) is 16.1 Å². The van der Waals surface area contributed by atoms with E-state index in [9.17, 15) is 0 Å². The van der Waals surface area contributed by atoms with Gasteiger partial charge >= 0.3 is 0 Å². The maximum absolute atomic E-state index is 3.52. The third kappa shape index (κ3) is 5.57. The van der Waals surface area contributed by atoms with Crippen LogP contribution in [0.1, 0.15) is 11.1 Å². The molecule has 0 nitrogen and oxygen atoms in total. The second kappa shape index (κ2) is 7.26. The predicted molar refractivity (Wildman–Crippen MR) is 112 cm³/mol. The molecule has 0 radical (unpaired) electrons. The Kier molecular flexibility index (Phi) is 5.55. The molecule has 0 aliphatic carbocycles. The number of rotatable bonds is 1. The minimum absolute atomic E-state index is 1.06. The predicted octanol–water partition coefficient (Wildman–Crippen LogP) is 5.81. The van der Waals surface area contributed by atoms with Crippen molar-refractivity contribution in [3.05, 3.63) is 59.7 Å². The lowest BCUT2D eigenvalue weighted by Gasteiger charge is -2.10. The molecule has 0 fully saturated rings. The lowest BCUT2D eigenvalue weighted by Crippen LogP contribution is -2.17. The summed E-state index contributed by atoms with van der Waals surface area (Å²) < 4.78 is 0. The molecule has 0 saturated heterocycles. The van der Waals surface area contributed by atoms with Crippen molar-refractivity contribution in [2.75, 3.05) is 0 Å². The molecule has 2 aromatic rings. The van der Waals surface area contributed by atoms with E-state index in [1.54, 1.807) is 0 Å². The molecule has 0 saturated carbocycles. The molecule has 0 N–H and O–H groups in total. The molecule has 24 heavy (non-hydrogen) atoms. The second-order valence-corrected chi connectivity index (χ2v) is 17.6. The Bertz CT molecular complexity index is 827. The van der Waals surface area contributed by atoms with Gasteiger partial charge in [-0.25, -0.2) is 0 Å². The van der Waals surface area contributed by atoms with Gasteiger partial charge in [-0.2, -0.15) is 0 Å².